The zero-order valence-corrected chi connectivity index (χ0v) is 11.9. The summed E-state index contributed by atoms with van der Waals surface area (Å²) in [5.74, 6) is 0.125. The Kier molecular flexibility index (Phi) is 4.28. The van der Waals surface area contributed by atoms with Crippen LogP contribution in [0.5, 0.6) is 5.75 Å². The number of hydrogen-bond acceptors (Lipinski definition) is 5. The van der Waals surface area contributed by atoms with Gasteiger partial charge in [-0.05, 0) is 42.5 Å². The standard InChI is InChI=1S/C16H12FN3O3/c17-12-2-1-3-13(8-12)19-15(21)9-22-14-6-4-11(5-7-14)16-20-18-10-23-16/h1-8,10H,9H2,(H,19,21). The molecule has 1 aromatic heterocycles. The molecule has 6 nitrogen and oxygen atoms in total. The van der Waals surface area contributed by atoms with Crippen molar-refractivity contribution in [1.29, 1.82) is 0 Å². The van der Waals surface area contributed by atoms with E-state index in [0.717, 1.165) is 5.56 Å². The van der Waals surface area contributed by atoms with Crippen molar-refractivity contribution >= 4 is 11.6 Å². The second kappa shape index (κ2) is 6.69. The molecule has 0 saturated carbocycles. The van der Waals surface area contributed by atoms with Crippen LogP contribution in [0.25, 0.3) is 11.5 Å². The van der Waals surface area contributed by atoms with E-state index < -0.39 is 5.82 Å². The molecule has 116 valence electrons. The predicted molar refractivity (Wildman–Crippen MR) is 80.3 cm³/mol. The molecular weight excluding hydrogens is 301 g/mol. The number of anilines is 1. The van der Waals surface area contributed by atoms with Crippen LogP contribution in [0.15, 0.2) is 59.3 Å². The summed E-state index contributed by atoms with van der Waals surface area (Å²) < 4.78 is 23.5. The van der Waals surface area contributed by atoms with E-state index in [9.17, 15) is 9.18 Å². The van der Waals surface area contributed by atoms with Gasteiger partial charge < -0.3 is 14.5 Å². The molecule has 1 amide bonds. The number of ether oxygens (including phenoxy) is 1. The fourth-order valence-electron chi connectivity index (χ4n) is 1.90. The Balaban J connectivity index is 1.54. The molecule has 0 radical (unpaired) electrons. The minimum atomic E-state index is -0.416. The first kappa shape index (κ1) is 14.7. The molecule has 0 fully saturated rings. The van der Waals surface area contributed by atoms with Crippen LogP contribution in [0.4, 0.5) is 10.1 Å². The Morgan fingerprint density at radius 3 is 2.74 bits per heavy atom. The van der Waals surface area contributed by atoms with E-state index in [1.807, 2.05) is 0 Å². The molecular formula is C16H12FN3O3. The highest BCUT2D eigenvalue weighted by Crippen LogP contribution is 2.20. The first-order chi connectivity index (χ1) is 11.2. The van der Waals surface area contributed by atoms with Crippen molar-refractivity contribution in [1.82, 2.24) is 10.2 Å². The monoisotopic (exact) mass is 313 g/mol. The second-order valence-corrected chi connectivity index (χ2v) is 4.62. The molecule has 0 spiro atoms. The minimum Gasteiger partial charge on any atom is -0.484 e. The number of nitrogens with one attached hydrogen (secondary N) is 1. The number of aromatic nitrogens is 2. The van der Waals surface area contributed by atoms with Gasteiger partial charge in [-0.1, -0.05) is 6.07 Å². The van der Waals surface area contributed by atoms with Gasteiger partial charge in [0.2, 0.25) is 12.3 Å². The van der Waals surface area contributed by atoms with Crippen LogP contribution >= 0.6 is 0 Å². The van der Waals surface area contributed by atoms with Gasteiger partial charge in [0.05, 0.1) is 0 Å². The molecule has 1 N–H and O–H groups in total. The van der Waals surface area contributed by atoms with E-state index in [2.05, 4.69) is 15.5 Å². The van der Waals surface area contributed by atoms with Gasteiger partial charge in [0, 0.05) is 11.3 Å². The van der Waals surface area contributed by atoms with Crippen LogP contribution in [0.2, 0.25) is 0 Å². The van der Waals surface area contributed by atoms with Gasteiger partial charge in [0.15, 0.2) is 6.61 Å². The van der Waals surface area contributed by atoms with E-state index in [0.29, 0.717) is 17.3 Å². The third-order valence-corrected chi connectivity index (χ3v) is 2.94. The Morgan fingerprint density at radius 1 is 1.22 bits per heavy atom. The average molecular weight is 313 g/mol. The summed E-state index contributed by atoms with van der Waals surface area (Å²) in [6, 6.07) is 12.5. The molecule has 0 unspecified atom stereocenters. The van der Waals surface area contributed by atoms with Crippen LogP contribution < -0.4 is 10.1 Å². The van der Waals surface area contributed by atoms with E-state index >= 15 is 0 Å². The molecule has 7 heteroatoms. The fraction of sp³-hybridized carbons (Fsp3) is 0.0625. The predicted octanol–water partition coefficient (Wildman–Crippen LogP) is 2.89. The summed E-state index contributed by atoms with van der Waals surface area (Å²) in [5.41, 5.74) is 1.13. The van der Waals surface area contributed by atoms with Crippen molar-refractivity contribution in [3.05, 3.63) is 60.7 Å². The molecule has 3 aromatic rings. The topological polar surface area (TPSA) is 77.2 Å². The molecule has 0 bridgehead atoms. The van der Waals surface area contributed by atoms with Crippen molar-refractivity contribution in [3.8, 4) is 17.2 Å². The number of nitrogens with zero attached hydrogens (tertiary/aromatic N) is 2. The number of carbonyl (C=O) groups is 1. The third-order valence-electron chi connectivity index (χ3n) is 2.94. The Labute approximate surface area is 130 Å². The summed E-state index contributed by atoms with van der Waals surface area (Å²) in [4.78, 5) is 11.8. The maximum atomic E-state index is 13.0. The summed E-state index contributed by atoms with van der Waals surface area (Å²) in [5, 5.41) is 9.94. The van der Waals surface area contributed by atoms with Crippen LogP contribution in [0.1, 0.15) is 0 Å². The molecule has 0 aliphatic heterocycles. The minimum absolute atomic E-state index is 0.184. The van der Waals surface area contributed by atoms with Crippen LogP contribution in [-0.4, -0.2) is 22.7 Å². The first-order valence-corrected chi connectivity index (χ1v) is 6.75. The van der Waals surface area contributed by atoms with Gasteiger partial charge in [-0.15, -0.1) is 10.2 Å². The number of halogens is 1. The van der Waals surface area contributed by atoms with Crippen molar-refractivity contribution in [2.24, 2.45) is 0 Å². The summed E-state index contributed by atoms with van der Waals surface area (Å²) >= 11 is 0. The van der Waals surface area contributed by atoms with E-state index in [1.54, 1.807) is 30.3 Å². The van der Waals surface area contributed by atoms with E-state index in [-0.39, 0.29) is 12.5 Å². The molecule has 0 aliphatic carbocycles. The Bertz CT molecular complexity index is 789. The van der Waals surface area contributed by atoms with Crippen molar-refractivity contribution in [3.63, 3.8) is 0 Å². The van der Waals surface area contributed by atoms with Gasteiger partial charge in [0.25, 0.3) is 5.91 Å². The molecule has 3 rings (SSSR count). The maximum absolute atomic E-state index is 13.0. The van der Waals surface area contributed by atoms with E-state index in [4.69, 9.17) is 9.15 Å². The number of rotatable bonds is 5. The average Bonchev–Trinajstić information content (AvgIpc) is 3.08. The van der Waals surface area contributed by atoms with Gasteiger partial charge in [-0.25, -0.2) is 4.39 Å². The summed E-state index contributed by atoms with van der Waals surface area (Å²) in [6.07, 6.45) is 1.25. The van der Waals surface area contributed by atoms with Crippen LogP contribution in [-0.2, 0) is 4.79 Å². The lowest BCUT2D eigenvalue weighted by molar-refractivity contribution is -0.118. The van der Waals surface area contributed by atoms with Crippen molar-refractivity contribution in [2.45, 2.75) is 0 Å². The highest BCUT2D eigenvalue weighted by atomic mass is 19.1. The number of amides is 1. The van der Waals surface area contributed by atoms with Crippen LogP contribution in [0, 0.1) is 5.82 Å². The van der Waals surface area contributed by atoms with Crippen molar-refractivity contribution in [2.75, 3.05) is 11.9 Å². The Hall–Kier alpha value is -3.22. The molecule has 0 aliphatic rings. The molecule has 2 aromatic carbocycles. The Morgan fingerprint density at radius 2 is 2.04 bits per heavy atom. The lowest BCUT2D eigenvalue weighted by Crippen LogP contribution is -2.20. The SMILES string of the molecule is O=C(COc1ccc(-c2nnco2)cc1)Nc1cccc(F)c1. The zero-order valence-electron chi connectivity index (χ0n) is 11.9. The summed E-state index contributed by atoms with van der Waals surface area (Å²) in [6.45, 7) is -0.184. The third kappa shape index (κ3) is 3.91. The molecule has 23 heavy (non-hydrogen) atoms. The highest BCUT2D eigenvalue weighted by Gasteiger charge is 2.06. The highest BCUT2D eigenvalue weighted by molar-refractivity contribution is 5.91. The normalized spacial score (nSPS) is 10.3. The molecule has 1 heterocycles. The van der Waals surface area contributed by atoms with Crippen LogP contribution in [0.3, 0.4) is 0 Å². The van der Waals surface area contributed by atoms with Gasteiger partial charge >= 0.3 is 0 Å². The lowest BCUT2D eigenvalue weighted by Gasteiger charge is -2.07. The quantitative estimate of drug-likeness (QED) is 0.783. The fourth-order valence-corrected chi connectivity index (χ4v) is 1.90. The van der Waals surface area contributed by atoms with E-state index in [1.165, 1.54) is 24.6 Å². The second-order valence-electron chi connectivity index (χ2n) is 4.62. The van der Waals surface area contributed by atoms with Crippen molar-refractivity contribution < 1.29 is 18.3 Å². The maximum Gasteiger partial charge on any atom is 0.262 e. The van der Waals surface area contributed by atoms with Gasteiger partial charge in [-0.2, -0.15) is 0 Å². The van der Waals surface area contributed by atoms with Gasteiger partial charge in [-0.3, -0.25) is 4.79 Å². The number of carbonyl (C=O) groups excluding carboxylic acids is 1. The molecule has 0 atom stereocenters. The smallest absolute Gasteiger partial charge is 0.262 e. The van der Waals surface area contributed by atoms with Gasteiger partial charge in [0.1, 0.15) is 11.6 Å². The lowest BCUT2D eigenvalue weighted by atomic mass is 10.2. The number of benzene rings is 2. The molecule has 0 saturated heterocycles. The number of hydrogen-bond donors (Lipinski definition) is 1. The summed E-state index contributed by atoms with van der Waals surface area (Å²) in [7, 11) is 0. The largest absolute Gasteiger partial charge is 0.484 e. The first-order valence-electron chi connectivity index (χ1n) is 6.75. The zero-order chi connectivity index (χ0) is 16.1.